The molecule has 0 aliphatic heterocycles. The summed E-state index contributed by atoms with van der Waals surface area (Å²) in [5.41, 5.74) is 0.445. The quantitative estimate of drug-likeness (QED) is 0.846. The van der Waals surface area contributed by atoms with Gasteiger partial charge in [0.25, 0.3) is 5.91 Å². The molecule has 1 rings (SSSR count). The Bertz CT molecular complexity index is 449. The fraction of sp³-hybridized carbons (Fsp3) is 0.500. The van der Waals surface area contributed by atoms with Gasteiger partial charge in [-0.3, -0.25) is 4.79 Å². The molecule has 3 nitrogen and oxygen atoms in total. The lowest BCUT2D eigenvalue weighted by molar-refractivity contribution is 0.0578. The molecule has 1 amide bonds. The van der Waals surface area contributed by atoms with Crippen LogP contribution in [0.4, 0.5) is 4.39 Å². The Morgan fingerprint density at radius 1 is 1.42 bits per heavy atom. The number of aliphatic hydroxyl groups excluding tert-OH is 1. The number of aliphatic hydroxyl groups is 1. The molecular formula is C14H20FNO2S. The zero-order valence-corrected chi connectivity index (χ0v) is 12.5. The number of carbonyl (C=O) groups excluding carboxylic acids is 1. The molecule has 0 heterocycles. The first-order valence-electron chi connectivity index (χ1n) is 6.19. The Kier molecular flexibility index (Phi) is 5.82. The van der Waals surface area contributed by atoms with Crippen LogP contribution in [0.5, 0.6) is 0 Å². The van der Waals surface area contributed by atoms with Crippen LogP contribution in [0, 0.1) is 5.82 Å². The fourth-order valence-corrected chi connectivity index (χ4v) is 2.28. The number of rotatable bonds is 5. The third-order valence-electron chi connectivity index (χ3n) is 2.74. The van der Waals surface area contributed by atoms with E-state index in [4.69, 9.17) is 0 Å². The Morgan fingerprint density at radius 3 is 2.53 bits per heavy atom. The highest BCUT2D eigenvalue weighted by atomic mass is 32.2. The van der Waals surface area contributed by atoms with Crippen LogP contribution in [0.15, 0.2) is 23.1 Å². The number of thioether (sulfide) groups is 1. The van der Waals surface area contributed by atoms with E-state index in [1.807, 2.05) is 13.8 Å². The van der Waals surface area contributed by atoms with Crippen molar-refractivity contribution >= 4 is 17.7 Å². The highest BCUT2D eigenvalue weighted by Gasteiger charge is 2.21. The predicted molar refractivity (Wildman–Crippen MR) is 76.0 cm³/mol. The molecule has 0 aliphatic carbocycles. The molecule has 1 aromatic carbocycles. The summed E-state index contributed by atoms with van der Waals surface area (Å²) < 4.78 is 13.4. The smallest absolute Gasteiger partial charge is 0.254 e. The maximum atomic E-state index is 13.4. The molecule has 0 aromatic heterocycles. The van der Waals surface area contributed by atoms with Crippen molar-refractivity contribution in [3.63, 3.8) is 0 Å². The van der Waals surface area contributed by atoms with Crippen LogP contribution in [0.25, 0.3) is 0 Å². The third kappa shape index (κ3) is 4.21. The summed E-state index contributed by atoms with van der Waals surface area (Å²) >= 11 is 1.27. The molecule has 1 unspecified atom stereocenters. The maximum Gasteiger partial charge on any atom is 0.254 e. The summed E-state index contributed by atoms with van der Waals surface area (Å²) in [5.74, 6) is -0.512. The van der Waals surface area contributed by atoms with Crippen molar-refractivity contribution < 1.29 is 14.3 Å². The van der Waals surface area contributed by atoms with Gasteiger partial charge in [-0.25, -0.2) is 4.39 Å². The van der Waals surface area contributed by atoms with Crippen LogP contribution in [-0.4, -0.2) is 40.9 Å². The second-order valence-electron chi connectivity index (χ2n) is 4.75. The van der Waals surface area contributed by atoms with E-state index in [-0.39, 0.29) is 24.3 Å². The van der Waals surface area contributed by atoms with Crippen molar-refractivity contribution in [2.24, 2.45) is 0 Å². The second kappa shape index (κ2) is 6.91. The standard InChI is InChI=1S/C14H20FNO2S/c1-9(2)16(8-10(3)17)14(18)11-5-6-12(15)13(7-11)19-4/h5-7,9-10,17H,8H2,1-4H3. The molecule has 1 atom stereocenters. The Hall–Kier alpha value is -1.07. The van der Waals surface area contributed by atoms with Crippen molar-refractivity contribution in [2.45, 2.75) is 37.8 Å². The van der Waals surface area contributed by atoms with Crippen molar-refractivity contribution in [1.82, 2.24) is 4.90 Å². The summed E-state index contributed by atoms with van der Waals surface area (Å²) in [6.45, 7) is 5.68. The van der Waals surface area contributed by atoms with Crippen LogP contribution >= 0.6 is 11.8 Å². The van der Waals surface area contributed by atoms with E-state index in [2.05, 4.69) is 0 Å². The first-order valence-corrected chi connectivity index (χ1v) is 7.41. The molecule has 1 aromatic rings. The monoisotopic (exact) mass is 285 g/mol. The van der Waals surface area contributed by atoms with Crippen LogP contribution in [0.3, 0.4) is 0 Å². The number of carbonyl (C=O) groups is 1. The van der Waals surface area contributed by atoms with E-state index < -0.39 is 6.10 Å². The first kappa shape index (κ1) is 16.0. The van der Waals surface area contributed by atoms with Gasteiger partial charge < -0.3 is 10.0 Å². The van der Waals surface area contributed by atoms with Gasteiger partial charge in [0.15, 0.2) is 0 Å². The average molecular weight is 285 g/mol. The molecule has 106 valence electrons. The van der Waals surface area contributed by atoms with E-state index in [0.29, 0.717) is 10.5 Å². The zero-order valence-electron chi connectivity index (χ0n) is 11.7. The lowest BCUT2D eigenvalue weighted by atomic mass is 10.1. The number of benzene rings is 1. The zero-order chi connectivity index (χ0) is 14.6. The highest BCUT2D eigenvalue weighted by Crippen LogP contribution is 2.21. The van der Waals surface area contributed by atoms with Crippen LogP contribution in [0.1, 0.15) is 31.1 Å². The van der Waals surface area contributed by atoms with Gasteiger partial charge in [-0.05, 0) is 45.2 Å². The molecular weight excluding hydrogens is 265 g/mol. The molecule has 0 saturated carbocycles. The maximum absolute atomic E-state index is 13.4. The first-order chi connectivity index (χ1) is 8.86. The van der Waals surface area contributed by atoms with Gasteiger partial charge >= 0.3 is 0 Å². The Morgan fingerprint density at radius 2 is 2.05 bits per heavy atom. The minimum absolute atomic E-state index is 0.0233. The van der Waals surface area contributed by atoms with Crippen LogP contribution in [-0.2, 0) is 0 Å². The molecule has 1 N–H and O–H groups in total. The molecule has 0 bridgehead atoms. The largest absolute Gasteiger partial charge is 0.392 e. The van der Waals surface area contributed by atoms with Gasteiger partial charge in [0.2, 0.25) is 0 Å². The number of hydrogen-bond acceptors (Lipinski definition) is 3. The minimum Gasteiger partial charge on any atom is -0.392 e. The predicted octanol–water partition coefficient (Wildman–Crippen LogP) is 2.78. The molecule has 19 heavy (non-hydrogen) atoms. The second-order valence-corrected chi connectivity index (χ2v) is 5.60. The summed E-state index contributed by atoms with van der Waals surface area (Å²) in [5, 5.41) is 9.45. The lowest BCUT2D eigenvalue weighted by Gasteiger charge is -2.28. The van der Waals surface area contributed by atoms with Crippen molar-refractivity contribution in [2.75, 3.05) is 12.8 Å². The minimum atomic E-state index is -0.591. The molecule has 0 saturated heterocycles. The van der Waals surface area contributed by atoms with Gasteiger partial charge in [0, 0.05) is 23.0 Å². The number of halogens is 1. The Labute approximate surface area is 117 Å². The van der Waals surface area contributed by atoms with Crippen molar-refractivity contribution in [1.29, 1.82) is 0 Å². The molecule has 0 spiro atoms. The van der Waals surface area contributed by atoms with Crippen LogP contribution in [0.2, 0.25) is 0 Å². The molecule has 0 radical (unpaired) electrons. The van der Waals surface area contributed by atoms with E-state index in [1.54, 1.807) is 24.1 Å². The van der Waals surface area contributed by atoms with Gasteiger partial charge in [0.1, 0.15) is 5.82 Å². The molecule has 5 heteroatoms. The summed E-state index contributed by atoms with van der Waals surface area (Å²) in [6, 6.07) is 4.32. The SMILES string of the molecule is CSc1cc(C(=O)N(CC(C)O)C(C)C)ccc1F. The fourth-order valence-electron chi connectivity index (χ4n) is 1.77. The van der Waals surface area contributed by atoms with Crippen molar-refractivity contribution in [3.05, 3.63) is 29.6 Å². The lowest BCUT2D eigenvalue weighted by Crippen LogP contribution is -2.41. The summed E-state index contributed by atoms with van der Waals surface area (Å²) in [6.07, 6.45) is 1.18. The molecule has 0 aliphatic rings. The van der Waals surface area contributed by atoms with Crippen molar-refractivity contribution in [3.8, 4) is 0 Å². The van der Waals surface area contributed by atoms with E-state index in [0.717, 1.165) is 0 Å². The average Bonchev–Trinajstić information content (AvgIpc) is 2.35. The van der Waals surface area contributed by atoms with E-state index in [1.165, 1.54) is 23.9 Å². The number of hydrogen-bond donors (Lipinski definition) is 1. The summed E-state index contributed by atoms with van der Waals surface area (Å²) in [7, 11) is 0. The van der Waals surface area contributed by atoms with Gasteiger partial charge in [-0.15, -0.1) is 11.8 Å². The Balaban J connectivity index is 3.02. The number of nitrogens with zero attached hydrogens (tertiary/aromatic N) is 1. The summed E-state index contributed by atoms with van der Waals surface area (Å²) in [4.78, 5) is 14.4. The van der Waals surface area contributed by atoms with Gasteiger partial charge in [-0.2, -0.15) is 0 Å². The normalized spacial score (nSPS) is 12.6. The topological polar surface area (TPSA) is 40.5 Å². The van der Waals surface area contributed by atoms with E-state index in [9.17, 15) is 14.3 Å². The third-order valence-corrected chi connectivity index (χ3v) is 3.50. The highest BCUT2D eigenvalue weighted by molar-refractivity contribution is 7.98. The van der Waals surface area contributed by atoms with Crippen LogP contribution < -0.4 is 0 Å². The van der Waals surface area contributed by atoms with Gasteiger partial charge in [0.05, 0.1) is 6.10 Å². The van der Waals surface area contributed by atoms with E-state index >= 15 is 0 Å². The molecule has 0 fully saturated rings. The number of amides is 1. The van der Waals surface area contributed by atoms with Gasteiger partial charge in [-0.1, -0.05) is 0 Å².